The number of aliphatic hydroxyl groups is 3. The first-order valence-electron chi connectivity index (χ1n) is 24.9. The second-order valence-corrected chi connectivity index (χ2v) is 18.1. The van der Waals surface area contributed by atoms with E-state index in [1.54, 1.807) is 0 Å². The zero-order chi connectivity index (χ0) is 46.1. The molecule has 0 bridgehead atoms. The van der Waals surface area contributed by atoms with E-state index in [-0.39, 0.29) is 19.6 Å². The van der Waals surface area contributed by atoms with Crippen molar-refractivity contribution in [1.29, 1.82) is 0 Å². The van der Waals surface area contributed by atoms with E-state index in [0.29, 0.717) is 13.0 Å². The zero-order valence-corrected chi connectivity index (χ0v) is 40.2. The van der Waals surface area contributed by atoms with Crippen LogP contribution in [-0.4, -0.2) is 97.5 Å². The lowest BCUT2D eigenvalue weighted by Gasteiger charge is -2.41. The molecule has 1 saturated heterocycles. The van der Waals surface area contributed by atoms with Crippen LogP contribution >= 0.6 is 0 Å². The Labute approximate surface area is 383 Å². The van der Waals surface area contributed by atoms with Crippen molar-refractivity contribution in [3.8, 4) is 0 Å². The van der Waals surface area contributed by atoms with E-state index in [2.05, 4.69) is 66.6 Å². The van der Waals surface area contributed by atoms with Crippen LogP contribution in [0, 0.1) is 0 Å². The Balaban J connectivity index is 2.39. The quantitative estimate of drug-likeness (QED) is 0.0197. The van der Waals surface area contributed by atoms with Gasteiger partial charge in [-0.3, -0.25) is 9.35 Å². The summed E-state index contributed by atoms with van der Waals surface area (Å²) < 4.78 is 59.2. The number of esters is 1. The third kappa shape index (κ3) is 35.0. The van der Waals surface area contributed by atoms with Crippen molar-refractivity contribution < 1.29 is 56.2 Å². The van der Waals surface area contributed by atoms with Gasteiger partial charge in [-0.2, -0.15) is 8.42 Å². The Bertz CT molecular complexity index is 1290. The molecule has 1 fully saturated rings. The van der Waals surface area contributed by atoms with Crippen molar-refractivity contribution in [2.45, 2.75) is 237 Å². The van der Waals surface area contributed by atoms with Gasteiger partial charge in [0.25, 0.3) is 0 Å². The molecule has 12 nitrogen and oxygen atoms in total. The summed E-state index contributed by atoms with van der Waals surface area (Å²) >= 11 is 0. The normalized spacial score (nSPS) is 20.3. The highest BCUT2D eigenvalue weighted by Gasteiger charge is 2.48. The summed E-state index contributed by atoms with van der Waals surface area (Å²) in [6, 6.07) is 0. The monoisotopic (exact) mass is 915 g/mol. The highest BCUT2D eigenvalue weighted by Crippen LogP contribution is 2.26. The average Bonchev–Trinajstić information content (AvgIpc) is 3.26. The maximum atomic E-state index is 12.9. The molecule has 0 aromatic carbocycles. The number of aliphatic hydroxyl groups excluding tert-OH is 3. The lowest BCUT2D eigenvalue weighted by atomic mass is 9.99. The van der Waals surface area contributed by atoms with Crippen molar-refractivity contribution in [1.82, 2.24) is 0 Å². The second kappa shape index (κ2) is 41.5. The Kier molecular flexibility index (Phi) is 38.9. The number of hydrogen-bond acceptors (Lipinski definition) is 11. The van der Waals surface area contributed by atoms with E-state index in [1.807, 2.05) is 0 Å². The molecule has 368 valence electrons. The number of hydrogen-bond donors (Lipinski definition) is 4. The molecule has 13 heteroatoms. The van der Waals surface area contributed by atoms with Crippen LogP contribution in [0.25, 0.3) is 0 Å². The predicted molar refractivity (Wildman–Crippen MR) is 253 cm³/mol. The fourth-order valence-corrected chi connectivity index (χ4v) is 7.96. The van der Waals surface area contributed by atoms with Crippen LogP contribution < -0.4 is 0 Å². The molecule has 0 spiro atoms. The molecule has 1 rings (SSSR count). The van der Waals surface area contributed by atoms with Gasteiger partial charge in [0.05, 0.1) is 19.8 Å². The van der Waals surface area contributed by atoms with Gasteiger partial charge in [0.1, 0.15) is 30.5 Å². The standard InChI is InChI=1S/C50H90O12S/c1-3-5-7-9-11-13-15-17-19-21-23-25-27-29-31-33-35-37-39-46(52)60-44(43-59-50-48(54)49(62-63(55,56)57)47(53)45(41-51)61-50)42-58-40-38-36-34-32-30-28-26-24-22-20-18-16-14-12-10-8-6-4-2/h6,8,12,14,18-21,44-45,47-51,53-54H,3-5,7,9-11,13,15-17,22-43H2,1-2H3,(H,55,56,57)/b8-6-,14-12-,20-18-,21-19-. The maximum Gasteiger partial charge on any atom is 0.397 e. The molecule has 0 radical (unpaired) electrons. The van der Waals surface area contributed by atoms with Gasteiger partial charge in [0, 0.05) is 13.0 Å². The van der Waals surface area contributed by atoms with Gasteiger partial charge in [0.15, 0.2) is 6.29 Å². The molecule has 1 aliphatic rings. The summed E-state index contributed by atoms with van der Waals surface area (Å²) in [5, 5.41) is 30.7. The second-order valence-electron chi connectivity index (χ2n) is 17.0. The molecule has 1 aliphatic heterocycles. The molecule has 1 heterocycles. The van der Waals surface area contributed by atoms with Crippen LogP contribution in [0.15, 0.2) is 48.6 Å². The van der Waals surface area contributed by atoms with Gasteiger partial charge in [-0.1, -0.05) is 172 Å². The Morgan fingerprint density at radius 2 is 1.10 bits per heavy atom. The minimum Gasteiger partial charge on any atom is -0.457 e. The zero-order valence-electron chi connectivity index (χ0n) is 39.4. The molecule has 6 unspecified atom stereocenters. The lowest BCUT2D eigenvalue weighted by Crippen LogP contribution is -2.60. The summed E-state index contributed by atoms with van der Waals surface area (Å²) in [4.78, 5) is 12.9. The van der Waals surface area contributed by atoms with E-state index in [4.69, 9.17) is 18.9 Å². The molecule has 6 atom stereocenters. The smallest absolute Gasteiger partial charge is 0.397 e. The van der Waals surface area contributed by atoms with Crippen LogP contribution in [-0.2, 0) is 38.3 Å². The molecule has 0 aromatic heterocycles. The lowest BCUT2D eigenvalue weighted by molar-refractivity contribution is -0.301. The first-order chi connectivity index (χ1) is 30.6. The molecule has 0 saturated carbocycles. The van der Waals surface area contributed by atoms with Gasteiger partial charge >= 0.3 is 16.4 Å². The summed E-state index contributed by atoms with van der Waals surface area (Å²) in [5.41, 5.74) is 0. The molecule has 0 amide bonds. The molecule has 0 aliphatic carbocycles. The maximum absolute atomic E-state index is 12.9. The SMILES string of the molecule is CC/C=C\C/C=C\C/C=C\CCCCCCCCCCOCC(COC1OC(CO)C(O)C(OS(=O)(=O)O)C1O)OC(=O)CCCCCCCCC/C=C\CCCCCCCCC. The average molecular weight is 915 g/mol. The summed E-state index contributed by atoms with van der Waals surface area (Å²) in [5.74, 6) is -0.406. The van der Waals surface area contributed by atoms with Gasteiger partial charge in [-0.15, -0.1) is 0 Å². The Morgan fingerprint density at radius 1 is 0.619 bits per heavy atom. The van der Waals surface area contributed by atoms with Gasteiger partial charge in [-0.05, 0) is 70.6 Å². The molecule has 63 heavy (non-hydrogen) atoms. The minimum atomic E-state index is -5.07. The number of unbranched alkanes of at least 4 members (excludes halogenated alkanes) is 22. The fraction of sp³-hybridized carbons (Fsp3) is 0.820. The van der Waals surface area contributed by atoms with E-state index in [0.717, 1.165) is 70.6 Å². The van der Waals surface area contributed by atoms with E-state index >= 15 is 0 Å². The van der Waals surface area contributed by atoms with Crippen molar-refractivity contribution in [3.05, 3.63) is 48.6 Å². The van der Waals surface area contributed by atoms with Gasteiger partial charge in [-0.25, -0.2) is 4.18 Å². The highest BCUT2D eigenvalue weighted by molar-refractivity contribution is 7.80. The summed E-state index contributed by atoms with van der Waals surface area (Å²) in [6.45, 7) is 3.87. The van der Waals surface area contributed by atoms with Crippen molar-refractivity contribution in [2.75, 3.05) is 26.4 Å². The molecular weight excluding hydrogens is 825 g/mol. The number of carbonyl (C=O) groups excluding carboxylic acids is 1. The van der Waals surface area contributed by atoms with E-state index < -0.39 is 59.8 Å². The first kappa shape index (κ1) is 59.1. The number of carbonyl (C=O) groups is 1. The van der Waals surface area contributed by atoms with Crippen LogP contribution in [0.4, 0.5) is 0 Å². The Hall–Kier alpha value is -1.94. The minimum absolute atomic E-state index is 0.0287. The van der Waals surface area contributed by atoms with Crippen molar-refractivity contribution >= 4 is 16.4 Å². The van der Waals surface area contributed by atoms with E-state index in [1.165, 1.54) is 103 Å². The van der Waals surface area contributed by atoms with Gasteiger partial charge < -0.3 is 34.3 Å². The van der Waals surface area contributed by atoms with Gasteiger partial charge in [0.2, 0.25) is 0 Å². The molecular formula is C50H90O12S. The van der Waals surface area contributed by atoms with Crippen LogP contribution in [0.5, 0.6) is 0 Å². The predicted octanol–water partition coefficient (Wildman–Crippen LogP) is 11.1. The first-order valence-corrected chi connectivity index (χ1v) is 26.3. The fourth-order valence-electron chi connectivity index (χ4n) is 7.45. The van der Waals surface area contributed by atoms with Crippen LogP contribution in [0.1, 0.15) is 200 Å². The largest absolute Gasteiger partial charge is 0.457 e. The third-order valence-electron chi connectivity index (χ3n) is 11.2. The Morgan fingerprint density at radius 3 is 1.62 bits per heavy atom. The molecule has 4 N–H and O–H groups in total. The number of allylic oxidation sites excluding steroid dienone is 8. The molecule has 0 aromatic rings. The third-order valence-corrected chi connectivity index (χ3v) is 11.7. The topological polar surface area (TPSA) is 178 Å². The highest BCUT2D eigenvalue weighted by atomic mass is 32.3. The number of ether oxygens (including phenoxy) is 4. The van der Waals surface area contributed by atoms with Crippen molar-refractivity contribution in [3.63, 3.8) is 0 Å². The summed E-state index contributed by atoms with van der Waals surface area (Å²) in [7, 11) is -5.07. The number of rotatable bonds is 43. The summed E-state index contributed by atoms with van der Waals surface area (Å²) in [6.07, 6.45) is 41.4. The van der Waals surface area contributed by atoms with Crippen LogP contribution in [0.2, 0.25) is 0 Å². The van der Waals surface area contributed by atoms with Crippen LogP contribution in [0.3, 0.4) is 0 Å². The van der Waals surface area contributed by atoms with E-state index in [9.17, 15) is 33.1 Å². The van der Waals surface area contributed by atoms with Crippen molar-refractivity contribution in [2.24, 2.45) is 0 Å².